The lowest BCUT2D eigenvalue weighted by Crippen LogP contribution is -2.37. The number of carbonyl (C=O) groups excluding carboxylic acids is 1. The zero-order valence-electron chi connectivity index (χ0n) is 14.9. The molecule has 1 amide bonds. The molecule has 7 heteroatoms. The normalized spacial score (nSPS) is 17.8. The van der Waals surface area contributed by atoms with E-state index in [4.69, 9.17) is 0 Å². The van der Waals surface area contributed by atoms with Crippen molar-refractivity contribution in [1.82, 2.24) is 15.3 Å². The molecule has 26 heavy (non-hydrogen) atoms. The summed E-state index contributed by atoms with van der Waals surface area (Å²) < 4.78 is 0. The van der Waals surface area contributed by atoms with Crippen molar-refractivity contribution in [3.63, 3.8) is 0 Å². The maximum absolute atomic E-state index is 12.3. The molecular weight excluding hydrogens is 330 g/mol. The van der Waals surface area contributed by atoms with Crippen LogP contribution in [0.2, 0.25) is 0 Å². The van der Waals surface area contributed by atoms with Gasteiger partial charge in [-0.15, -0.1) is 0 Å². The van der Waals surface area contributed by atoms with Gasteiger partial charge in [-0.1, -0.05) is 30.3 Å². The summed E-state index contributed by atoms with van der Waals surface area (Å²) in [6.07, 6.45) is 3.48. The van der Waals surface area contributed by atoms with Crippen LogP contribution >= 0.6 is 0 Å². The summed E-state index contributed by atoms with van der Waals surface area (Å²) in [5.74, 6) is 1.28. The van der Waals surface area contributed by atoms with E-state index in [2.05, 4.69) is 25.5 Å². The maximum Gasteiger partial charge on any atom is 0.242 e. The Kier molecular flexibility index (Phi) is 6.01. The Hall–Kier alpha value is -2.67. The average molecular weight is 355 g/mol. The van der Waals surface area contributed by atoms with Crippen LogP contribution in [0.25, 0.3) is 0 Å². The van der Waals surface area contributed by atoms with Gasteiger partial charge >= 0.3 is 0 Å². The molecule has 2 unspecified atom stereocenters. The van der Waals surface area contributed by atoms with Crippen LogP contribution in [0.4, 0.5) is 11.6 Å². The number of carbonyl (C=O) groups is 1. The second-order valence-electron chi connectivity index (χ2n) is 6.50. The zero-order valence-corrected chi connectivity index (χ0v) is 14.9. The highest BCUT2D eigenvalue weighted by Crippen LogP contribution is 2.24. The minimum Gasteiger partial charge on any atom is -0.394 e. The molecule has 7 nitrogen and oxygen atoms in total. The predicted octanol–water partition coefficient (Wildman–Crippen LogP) is 1.55. The Labute approximate surface area is 153 Å². The summed E-state index contributed by atoms with van der Waals surface area (Å²) in [6.45, 7) is 3.28. The Morgan fingerprint density at radius 1 is 1.35 bits per heavy atom. The fourth-order valence-corrected chi connectivity index (χ4v) is 3.14. The van der Waals surface area contributed by atoms with E-state index in [1.807, 2.05) is 36.4 Å². The van der Waals surface area contributed by atoms with Crippen molar-refractivity contribution in [1.29, 1.82) is 0 Å². The fourth-order valence-electron chi connectivity index (χ4n) is 3.14. The van der Waals surface area contributed by atoms with Gasteiger partial charge in [0.15, 0.2) is 0 Å². The van der Waals surface area contributed by atoms with Crippen molar-refractivity contribution in [2.45, 2.75) is 38.4 Å². The first-order chi connectivity index (χ1) is 12.7. The van der Waals surface area contributed by atoms with Crippen molar-refractivity contribution in [2.24, 2.45) is 0 Å². The Morgan fingerprint density at radius 2 is 2.15 bits per heavy atom. The van der Waals surface area contributed by atoms with Crippen LogP contribution in [0.3, 0.4) is 0 Å². The lowest BCUT2D eigenvalue weighted by Gasteiger charge is -2.24. The molecule has 1 aromatic heterocycles. The number of amides is 1. The quantitative estimate of drug-likeness (QED) is 0.698. The van der Waals surface area contributed by atoms with E-state index < -0.39 is 6.04 Å². The summed E-state index contributed by atoms with van der Waals surface area (Å²) in [5.41, 5.74) is 1.06. The molecule has 1 saturated heterocycles. The SMILES string of the molecule is CC(Nc1cc(N2CCCC2CO)ncn1)C(=O)NCc1ccccc1. The molecule has 0 aliphatic carbocycles. The topological polar surface area (TPSA) is 90.4 Å². The van der Waals surface area contributed by atoms with Gasteiger partial charge < -0.3 is 20.6 Å². The zero-order chi connectivity index (χ0) is 18.4. The van der Waals surface area contributed by atoms with Gasteiger partial charge in [-0.25, -0.2) is 9.97 Å². The molecule has 1 aliphatic rings. The standard InChI is InChI=1S/C19H25N5O2/c1-14(19(26)20-11-15-6-3-2-4-7-15)23-17-10-18(22-13-21-17)24-9-5-8-16(24)12-25/h2-4,6-7,10,13-14,16,25H,5,8-9,11-12H2,1H3,(H,20,26)(H,21,22,23). The largest absolute Gasteiger partial charge is 0.394 e. The molecular formula is C19H25N5O2. The first-order valence-electron chi connectivity index (χ1n) is 8.95. The third-order valence-electron chi connectivity index (χ3n) is 4.60. The van der Waals surface area contributed by atoms with Crippen LogP contribution in [0.1, 0.15) is 25.3 Å². The number of nitrogens with zero attached hydrogens (tertiary/aromatic N) is 3. The monoisotopic (exact) mass is 355 g/mol. The number of hydrogen-bond acceptors (Lipinski definition) is 6. The summed E-state index contributed by atoms with van der Waals surface area (Å²) in [6, 6.07) is 11.3. The Bertz CT molecular complexity index is 725. The summed E-state index contributed by atoms with van der Waals surface area (Å²) in [7, 11) is 0. The molecule has 0 bridgehead atoms. The highest BCUT2D eigenvalue weighted by atomic mass is 16.3. The minimum atomic E-state index is -0.423. The number of aromatic nitrogens is 2. The third kappa shape index (κ3) is 4.49. The Morgan fingerprint density at radius 3 is 2.92 bits per heavy atom. The van der Waals surface area contributed by atoms with Crippen LogP contribution < -0.4 is 15.5 Å². The number of aliphatic hydroxyl groups is 1. The first kappa shape index (κ1) is 18.1. The van der Waals surface area contributed by atoms with Gasteiger partial charge in [-0.05, 0) is 25.3 Å². The lowest BCUT2D eigenvalue weighted by molar-refractivity contribution is -0.121. The number of benzene rings is 1. The van der Waals surface area contributed by atoms with Crippen molar-refractivity contribution in [2.75, 3.05) is 23.4 Å². The Balaban J connectivity index is 1.57. The maximum atomic E-state index is 12.3. The molecule has 1 fully saturated rings. The molecule has 3 rings (SSSR count). The number of hydrogen-bond donors (Lipinski definition) is 3. The second-order valence-corrected chi connectivity index (χ2v) is 6.50. The molecule has 2 heterocycles. The van der Waals surface area contributed by atoms with Crippen molar-refractivity contribution < 1.29 is 9.90 Å². The first-order valence-corrected chi connectivity index (χ1v) is 8.95. The van der Waals surface area contributed by atoms with Crippen LogP contribution in [-0.4, -0.2) is 46.2 Å². The van der Waals surface area contributed by atoms with E-state index in [1.165, 1.54) is 6.33 Å². The smallest absolute Gasteiger partial charge is 0.242 e. The molecule has 1 aromatic carbocycles. The summed E-state index contributed by atoms with van der Waals surface area (Å²) in [5, 5.41) is 15.5. The number of aliphatic hydroxyl groups excluding tert-OH is 1. The van der Waals surface area contributed by atoms with Gasteiger partial charge in [-0.3, -0.25) is 4.79 Å². The van der Waals surface area contributed by atoms with Crippen LogP contribution in [0.15, 0.2) is 42.7 Å². The third-order valence-corrected chi connectivity index (χ3v) is 4.60. The van der Waals surface area contributed by atoms with E-state index in [0.717, 1.165) is 30.8 Å². The van der Waals surface area contributed by atoms with Gasteiger partial charge in [-0.2, -0.15) is 0 Å². The highest BCUT2D eigenvalue weighted by Gasteiger charge is 2.25. The minimum absolute atomic E-state index is 0.0941. The molecule has 2 aromatic rings. The van der Waals surface area contributed by atoms with E-state index in [-0.39, 0.29) is 18.6 Å². The second kappa shape index (κ2) is 8.62. The summed E-state index contributed by atoms with van der Waals surface area (Å²) >= 11 is 0. The summed E-state index contributed by atoms with van der Waals surface area (Å²) in [4.78, 5) is 22.9. The van der Waals surface area contributed by atoms with Crippen molar-refractivity contribution in [3.8, 4) is 0 Å². The fraction of sp³-hybridized carbons (Fsp3) is 0.421. The van der Waals surface area contributed by atoms with E-state index in [9.17, 15) is 9.90 Å². The van der Waals surface area contributed by atoms with Crippen LogP contribution in [0, 0.1) is 0 Å². The molecule has 0 radical (unpaired) electrons. The highest BCUT2D eigenvalue weighted by molar-refractivity contribution is 5.83. The van der Waals surface area contributed by atoms with Crippen molar-refractivity contribution in [3.05, 3.63) is 48.3 Å². The molecule has 1 aliphatic heterocycles. The lowest BCUT2D eigenvalue weighted by atomic mass is 10.2. The molecule has 0 spiro atoms. The number of nitrogens with one attached hydrogen (secondary N) is 2. The number of rotatable bonds is 7. The predicted molar refractivity (Wildman–Crippen MR) is 101 cm³/mol. The average Bonchev–Trinajstić information content (AvgIpc) is 3.16. The van der Waals surface area contributed by atoms with Crippen molar-refractivity contribution >= 4 is 17.5 Å². The van der Waals surface area contributed by atoms with Gasteiger partial charge in [0.1, 0.15) is 24.0 Å². The van der Waals surface area contributed by atoms with E-state index in [1.54, 1.807) is 6.92 Å². The van der Waals surface area contributed by atoms with Crippen LogP contribution in [-0.2, 0) is 11.3 Å². The molecule has 2 atom stereocenters. The molecule has 0 saturated carbocycles. The van der Waals surface area contributed by atoms with E-state index >= 15 is 0 Å². The van der Waals surface area contributed by atoms with Crippen LogP contribution in [0.5, 0.6) is 0 Å². The van der Waals surface area contributed by atoms with Gasteiger partial charge in [0.25, 0.3) is 0 Å². The molecule has 138 valence electrons. The van der Waals surface area contributed by atoms with Gasteiger partial charge in [0, 0.05) is 19.2 Å². The van der Waals surface area contributed by atoms with Gasteiger partial charge in [0.05, 0.1) is 12.6 Å². The van der Waals surface area contributed by atoms with Gasteiger partial charge in [0.2, 0.25) is 5.91 Å². The molecule has 3 N–H and O–H groups in total. The van der Waals surface area contributed by atoms with E-state index in [0.29, 0.717) is 12.4 Å². The number of anilines is 2.